The second-order valence-corrected chi connectivity index (χ2v) is 13.1. The number of anilines is 2. The van der Waals surface area contributed by atoms with Crippen LogP contribution in [0, 0.1) is 35.0 Å². The molecule has 2 aromatic rings. The van der Waals surface area contributed by atoms with E-state index in [0.717, 1.165) is 11.1 Å². The third-order valence-corrected chi connectivity index (χ3v) is 10.3. The minimum absolute atomic E-state index is 0.112. The zero-order valence-corrected chi connectivity index (χ0v) is 25.7. The molecule has 224 valence electrons. The summed E-state index contributed by atoms with van der Waals surface area (Å²) in [4.78, 5) is 73.1. The number of carbonyl (C=O) groups excluding carboxylic acids is 5. The van der Waals surface area contributed by atoms with E-state index in [4.69, 9.17) is 4.74 Å². The topological polar surface area (TPSA) is 101 Å². The van der Waals surface area contributed by atoms with Crippen LogP contribution in [0.15, 0.2) is 59.7 Å². The van der Waals surface area contributed by atoms with Gasteiger partial charge in [0.15, 0.2) is 0 Å². The van der Waals surface area contributed by atoms with Crippen molar-refractivity contribution in [2.24, 2.45) is 35.0 Å². The first kappa shape index (κ1) is 29.0. The highest BCUT2D eigenvalue weighted by Gasteiger charge is 2.77. The van der Waals surface area contributed by atoms with E-state index >= 15 is 0 Å². The van der Waals surface area contributed by atoms with Crippen LogP contribution in [0.2, 0.25) is 0 Å². The van der Waals surface area contributed by atoms with Crippen molar-refractivity contribution in [2.75, 3.05) is 16.4 Å². The Balaban J connectivity index is 1.49. The number of nitrogens with zero attached hydrogens (tertiary/aromatic N) is 2. The number of benzene rings is 2. The fraction of sp³-hybridized carbons (Fsp3) is 0.457. The average Bonchev–Trinajstić information content (AvgIpc) is 3.39. The summed E-state index contributed by atoms with van der Waals surface area (Å²) in [5.41, 5.74) is 2.42. The predicted molar refractivity (Wildman–Crippen MR) is 161 cm³/mol. The average molecular weight is 583 g/mol. The van der Waals surface area contributed by atoms with Crippen LogP contribution in [-0.4, -0.2) is 36.2 Å². The molecule has 2 unspecified atom stereocenters. The minimum Gasteiger partial charge on any atom is -0.463 e. The number of carbonyl (C=O) groups is 5. The van der Waals surface area contributed by atoms with Crippen molar-refractivity contribution < 1.29 is 28.7 Å². The van der Waals surface area contributed by atoms with E-state index in [2.05, 4.69) is 27.7 Å². The van der Waals surface area contributed by atoms with Crippen LogP contribution in [0.4, 0.5) is 11.4 Å². The first-order chi connectivity index (χ1) is 20.4. The quantitative estimate of drug-likeness (QED) is 0.335. The molecule has 2 aliphatic heterocycles. The predicted octanol–water partition coefficient (Wildman–Crippen LogP) is 5.37. The molecule has 3 aliphatic carbocycles. The molecule has 6 atom stereocenters. The third-order valence-electron chi connectivity index (χ3n) is 10.3. The van der Waals surface area contributed by atoms with Gasteiger partial charge in [-0.15, -0.1) is 0 Å². The molecule has 0 N–H and O–H groups in total. The molecular weight excluding hydrogens is 544 g/mol. The maximum atomic E-state index is 14.3. The molecule has 7 rings (SSSR count). The lowest BCUT2D eigenvalue weighted by atomic mass is 9.43. The standard InChI is InChI=1S/C35H38N2O6/c1-8-43-34(42)27-19(6)24-25-28(32(40)36(30(25)38)22-13-9-20(10-14-22)17(2)3)35(27,7)29-26(24)31(39)37(33(29)41)23-15-11-21(12-16-23)18(4)5/h9-18,24-26,28-29H,8H2,1-7H3/t24?,25-,26+,28-,29-,35?/m1/s1. The summed E-state index contributed by atoms with van der Waals surface area (Å²) >= 11 is 0. The van der Waals surface area contributed by atoms with Crippen LogP contribution in [0.3, 0.4) is 0 Å². The number of ether oxygens (including phenoxy) is 1. The van der Waals surface area contributed by atoms with Crippen molar-refractivity contribution >= 4 is 41.0 Å². The first-order valence-electron chi connectivity index (χ1n) is 15.2. The Bertz CT molecular complexity index is 1490. The molecule has 0 radical (unpaired) electrons. The van der Waals surface area contributed by atoms with Crippen molar-refractivity contribution in [2.45, 2.75) is 60.3 Å². The van der Waals surface area contributed by atoms with Crippen molar-refractivity contribution in [1.82, 2.24) is 0 Å². The van der Waals surface area contributed by atoms with Gasteiger partial charge in [-0.3, -0.25) is 29.0 Å². The van der Waals surface area contributed by atoms with Gasteiger partial charge in [0.1, 0.15) is 0 Å². The van der Waals surface area contributed by atoms with Crippen LogP contribution in [-0.2, 0) is 28.7 Å². The molecular formula is C35H38N2O6. The van der Waals surface area contributed by atoms with Gasteiger partial charge in [-0.1, -0.05) is 64.5 Å². The van der Waals surface area contributed by atoms with Crippen LogP contribution in [0.5, 0.6) is 0 Å². The number of rotatable bonds is 6. The van der Waals surface area contributed by atoms with E-state index < -0.39 is 64.6 Å². The number of allylic oxidation sites excluding steroid dienone is 1. The second kappa shape index (κ2) is 10.00. The zero-order valence-electron chi connectivity index (χ0n) is 25.7. The molecule has 8 nitrogen and oxygen atoms in total. The van der Waals surface area contributed by atoms with Crippen LogP contribution < -0.4 is 9.80 Å². The Labute approximate surface area is 252 Å². The Hall–Kier alpha value is -4.07. The smallest absolute Gasteiger partial charge is 0.334 e. The van der Waals surface area contributed by atoms with Crippen LogP contribution >= 0.6 is 0 Å². The lowest BCUT2D eigenvalue weighted by Gasteiger charge is -2.55. The van der Waals surface area contributed by atoms with Gasteiger partial charge >= 0.3 is 5.97 Å². The molecule has 43 heavy (non-hydrogen) atoms. The largest absolute Gasteiger partial charge is 0.463 e. The maximum Gasteiger partial charge on any atom is 0.334 e. The number of esters is 1. The minimum atomic E-state index is -1.42. The van der Waals surface area contributed by atoms with E-state index in [1.54, 1.807) is 45.0 Å². The van der Waals surface area contributed by atoms with Crippen molar-refractivity contribution in [3.05, 3.63) is 70.8 Å². The Kier molecular flexibility index (Phi) is 6.75. The van der Waals surface area contributed by atoms with E-state index in [1.165, 1.54) is 9.80 Å². The summed E-state index contributed by atoms with van der Waals surface area (Å²) < 4.78 is 5.47. The molecule has 2 bridgehead atoms. The van der Waals surface area contributed by atoms with E-state index in [0.29, 0.717) is 16.9 Å². The van der Waals surface area contributed by atoms with Gasteiger partial charge in [-0.25, -0.2) is 4.79 Å². The van der Waals surface area contributed by atoms with Gasteiger partial charge in [-0.2, -0.15) is 0 Å². The molecule has 1 saturated carbocycles. The first-order valence-corrected chi connectivity index (χ1v) is 15.2. The Morgan fingerprint density at radius 3 is 1.47 bits per heavy atom. The van der Waals surface area contributed by atoms with Gasteiger partial charge in [-0.05, 0) is 61.1 Å². The number of amides is 4. The van der Waals surface area contributed by atoms with E-state index in [-0.39, 0.29) is 24.0 Å². The summed E-state index contributed by atoms with van der Waals surface area (Å²) in [5, 5.41) is 0. The molecule has 3 fully saturated rings. The zero-order chi connectivity index (χ0) is 31.1. The summed E-state index contributed by atoms with van der Waals surface area (Å²) in [6.45, 7) is 13.5. The molecule has 0 aromatic heterocycles. The van der Waals surface area contributed by atoms with Gasteiger partial charge in [0.2, 0.25) is 23.6 Å². The molecule has 4 amide bonds. The molecule has 5 aliphatic rings. The third kappa shape index (κ3) is 3.84. The molecule has 0 spiro atoms. The Morgan fingerprint density at radius 2 is 1.12 bits per heavy atom. The summed E-state index contributed by atoms with van der Waals surface area (Å²) in [5.74, 6) is -6.27. The van der Waals surface area contributed by atoms with Crippen molar-refractivity contribution in [3.63, 3.8) is 0 Å². The number of hydrogen-bond acceptors (Lipinski definition) is 6. The van der Waals surface area contributed by atoms with Crippen LogP contribution in [0.25, 0.3) is 0 Å². The lowest BCUT2D eigenvalue weighted by Crippen LogP contribution is -2.61. The highest BCUT2D eigenvalue weighted by Crippen LogP contribution is 2.68. The molecule has 2 heterocycles. The summed E-state index contributed by atoms with van der Waals surface area (Å²) in [6.07, 6.45) is 0. The number of hydrogen-bond donors (Lipinski definition) is 0. The SMILES string of the molecule is CCOC(=O)C1=C(C)C2[C@H]3C(=O)N(c4ccc(C(C)C)cc4)C(=O)[C@@H]3C1(C)[C@H]1C(=O)N(c3ccc(C(C)C)cc3)C(=O)[C@@H]21. The van der Waals surface area contributed by atoms with Gasteiger partial charge in [0.25, 0.3) is 0 Å². The highest BCUT2D eigenvalue weighted by molar-refractivity contribution is 6.27. The van der Waals surface area contributed by atoms with Gasteiger partial charge in [0.05, 0.1) is 41.7 Å². The molecule has 2 saturated heterocycles. The van der Waals surface area contributed by atoms with E-state index in [1.807, 2.05) is 24.3 Å². The van der Waals surface area contributed by atoms with Gasteiger partial charge < -0.3 is 4.74 Å². The summed E-state index contributed by atoms with van der Waals surface area (Å²) in [6, 6.07) is 14.6. The summed E-state index contributed by atoms with van der Waals surface area (Å²) in [7, 11) is 0. The Morgan fingerprint density at radius 1 is 0.721 bits per heavy atom. The molecule has 8 heteroatoms. The van der Waals surface area contributed by atoms with Crippen LogP contribution in [0.1, 0.15) is 71.4 Å². The fourth-order valence-corrected chi connectivity index (χ4v) is 8.33. The monoisotopic (exact) mass is 582 g/mol. The highest BCUT2D eigenvalue weighted by atomic mass is 16.5. The lowest BCUT2D eigenvalue weighted by molar-refractivity contribution is -0.155. The van der Waals surface area contributed by atoms with Gasteiger partial charge in [0, 0.05) is 16.9 Å². The van der Waals surface area contributed by atoms with Crippen molar-refractivity contribution in [3.8, 4) is 0 Å². The fourth-order valence-electron chi connectivity index (χ4n) is 8.33. The second-order valence-electron chi connectivity index (χ2n) is 13.1. The number of imide groups is 2. The normalized spacial score (nSPS) is 29.7. The van der Waals surface area contributed by atoms with E-state index in [9.17, 15) is 24.0 Å². The molecule has 2 aromatic carbocycles. The van der Waals surface area contributed by atoms with Crippen molar-refractivity contribution in [1.29, 1.82) is 0 Å². The maximum absolute atomic E-state index is 14.3.